The Morgan fingerprint density at radius 3 is 2.79 bits per heavy atom. The van der Waals surface area contributed by atoms with Gasteiger partial charge in [-0.15, -0.1) is 0 Å². The molecule has 7 heteroatoms. The summed E-state index contributed by atoms with van der Waals surface area (Å²) in [5.74, 6) is 0.267. The first-order valence-corrected chi connectivity index (χ1v) is 8.38. The number of amidine groups is 1. The van der Waals surface area contributed by atoms with E-state index in [9.17, 15) is 9.18 Å². The molecule has 3 rings (SSSR count). The summed E-state index contributed by atoms with van der Waals surface area (Å²) >= 11 is 1.40. The molecule has 1 N–H and O–H groups in total. The third-order valence-electron chi connectivity index (χ3n) is 3.49. The number of thioether (sulfide) groups is 1. The Morgan fingerprint density at radius 1 is 1.29 bits per heavy atom. The van der Waals surface area contributed by atoms with Crippen LogP contribution in [0.3, 0.4) is 0 Å². The summed E-state index contributed by atoms with van der Waals surface area (Å²) in [6, 6.07) is 11.8. The number of aliphatic imine (C=N–C) groups is 1. The SMILES string of the molecule is CN(Cc1ccc(F)cc1)CC1S/C(=N/c2ccccn2)NC1=O. The van der Waals surface area contributed by atoms with Crippen molar-refractivity contribution in [3.63, 3.8) is 0 Å². The minimum Gasteiger partial charge on any atom is -0.304 e. The Morgan fingerprint density at radius 2 is 2.08 bits per heavy atom. The monoisotopic (exact) mass is 344 g/mol. The van der Waals surface area contributed by atoms with Gasteiger partial charge in [0.1, 0.15) is 11.1 Å². The molecule has 1 unspecified atom stereocenters. The fourth-order valence-electron chi connectivity index (χ4n) is 2.35. The van der Waals surface area contributed by atoms with Crippen LogP contribution in [0.5, 0.6) is 0 Å². The van der Waals surface area contributed by atoms with Crippen LogP contribution in [0.2, 0.25) is 0 Å². The van der Waals surface area contributed by atoms with Crippen molar-refractivity contribution < 1.29 is 9.18 Å². The number of halogens is 1. The highest BCUT2D eigenvalue weighted by Gasteiger charge is 2.31. The molecule has 1 saturated heterocycles. The zero-order valence-electron chi connectivity index (χ0n) is 13.1. The number of hydrogen-bond donors (Lipinski definition) is 1. The predicted molar refractivity (Wildman–Crippen MR) is 93.6 cm³/mol. The molecule has 24 heavy (non-hydrogen) atoms. The molecule has 124 valence electrons. The molecule has 1 atom stereocenters. The smallest absolute Gasteiger partial charge is 0.240 e. The van der Waals surface area contributed by atoms with Crippen LogP contribution >= 0.6 is 11.8 Å². The second-order valence-electron chi connectivity index (χ2n) is 5.52. The minimum atomic E-state index is -0.248. The predicted octanol–water partition coefficient (Wildman–Crippen LogP) is 2.57. The maximum atomic E-state index is 12.9. The Kier molecular flexibility index (Phi) is 5.22. The number of pyridine rings is 1. The highest BCUT2D eigenvalue weighted by atomic mass is 32.2. The van der Waals surface area contributed by atoms with Gasteiger partial charge < -0.3 is 10.2 Å². The first-order chi connectivity index (χ1) is 11.6. The second kappa shape index (κ2) is 7.55. The topological polar surface area (TPSA) is 57.6 Å². The summed E-state index contributed by atoms with van der Waals surface area (Å²) in [6.45, 7) is 1.23. The van der Waals surface area contributed by atoms with E-state index in [0.717, 1.165) is 5.56 Å². The van der Waals surface area contributed by atoms with Crippen LogP contribution in [0.25, 0.3) is 0 Å². The lowest BCUT2D eigenvalue weighted by Gasteiger charge is -2.18. The zero-order valence-corrected chi connectivity index (χ0v) is 14.0. The molecular formula is C17H17FN4OS. The van der Waals surface area contributed by atoms with Crippen LogP contribution in [0.15, 0.2) is 53.7 Å². The molecule has 0 spiro atoms. The first-order valence-electron chi connectivity index (χ1n) is 7.50. The van der Waals surface area contributed by atoms with E-state index >= 15 is 0 Å². The van der Waals surface area contributed by atoms with Crippen molar-refractivity contribution in [3.8, 4) is 0 Å². The zero-order chi connectivity index (χ0) is 16.9. The van der Waals surface area contributed by atoms with Gasteiger partial charge in [-0.2, -0.15) is 0 Å². The maximum Gasteiger partial charge on any atom is 0.240 e. The van der Waals surface area contributed by atoms with Crippen molar-refractivity contribution in [1.29, 1.82) is 0 Å². The maximum absolute atomic E-state index is 12.9. The van der Waals surface area contributed by atoms with Crippen LogP contribution in [-0.2, 0) is 11.3 Å². The lowest BCUT2D eigenvalue weighted by Crippen LogP contribution is -2.33. The molecule has 2 aromatic rings. The van der Waals surface area contributed by atoms with Crippen LogP contribution in [0, 0.1) is 5.82 Å². The number of benzene rings is 1. The highest BCUT2D eigenvalue weighted by Crippen LogP contribution is 2.23. The quantitative estimate of drug-likeness (QED) is 0.906. The Labute approximate surface area is 144 Å². The van der Waals surface area contributed by atoms with Gasteiger partial charge in [0, 0.05) is 19.3 Å². The summed E-state index contributed by atoms with van der Waals surface area (Å²) in [4.78, 5) is 22.6. The third-order valence-corrected chi connectivity index (χ3v) is 4.55. The van der Waals surface area contributed by atoms with Crippen molar-refractivity contribution in [2.75, 3.05) is 13.6 Å². The van der Waals surface area contributed by atoms with Gasteiger partial charge in [-0.1, -0.05) is 30.0 Å². The summed E-state index contributed by atoms with van der Waals surface area (Å²) in [5.41, 5.74) is 1.00. The number of aromatic nitrogens is 1. The summed E-state index contributed by atoms with van der Waals surface area (Å²) in [6.07, 6.45) is 1.66. The summed E-state index contributed by atoms with van der Waals surface area (Å²) in [5, 5.41) is 3.13. The minimum absolute atomic E-state index is 0.0550. The molecule has 0 aliphatic carbocycles. The molecule has 1 aromatic carbocycles. The lowest BCUT2D eigenvalue weighted by molar-refractivity contribution is -0.119. The van der Waals surface area contributed by atoms with E-state index in [1.54, 1.807) is 24.4 Å². The molecule has 1 aromatic heterocycles. The van der Waals surface area contributed by atoms with Gasteiger partial charge in [-0.25, -0.2) is 14.4 Å². The van der Waals surface area contributed by atoms with Gasteiger partial charge in [0.2, 0.25) is 5.91 Å². The van der Waals surface area contributed by atoms with Crippen LogP contribution < -0.4 is 5.32 Å². The molecule has 1 aliphatic rings. The van der Waals surface area contributed by atoms with E-state index in [1.165, 1.54) is 23.9 Å². The van der Waals surface area contributed by atoms with Crippen LogP contribution in [0.4, 0.5) is 10.2 Å². The van der Waals surface area contributed by atoms with Crippen molar-refractivity contribution in [2.24, 2.45) is 4.99 Å². The largest absolute Gasteiger partial charge is 0.304 e. The number of hydrogen-bond acceptors (Lipinski definition) is 5. The fourth-order valence-corrected chi connectivity index (χ4v) is 3.42. The molecule has 1 fully saturated rings. The van der Waals surface area contributed by atoms with Crippen LogP contribution in [0.1, 0.15) is 5.56 Å². The molecular weight excluding hydrogens is 327 g/mol. The number of nitrogens with zero attached hydrogens (tertiary/aromatic N) is 3. The molecule has 1 aliphatic heterocycles. The van der Waals surface area contributed by atoms with Crippen molar-refractivity contribution in [3.05, 3.63) is 60.0 Å². The normalized spacial score (nSPS) is 19.0. The Bertz CT molecular complexity index is 736. The number of carbonyl (C=O) groups excluding carboxylic acids is 1. The molecule has 0 radical (unpaired) electrons. The molecule has 2 heterocycles. The first kappa shape index (κ1) is 16.6. The van der Waals surface area contributed by atoms with E-state index < -0.39 is 0 Å². The van der Waals surface area contributed by atoms with Gasteiger partial charge in [-0.05, 0) is 36.9 Å². The van der Waals surface area contributed by atoms with Crippen molar-refractivity contribution in [1.82, 2.24) is 15.2 Å². The molecule has 1 amide bonds. The average Bonchev–Trinajstić information content (AvgIpc) is 2.90. The standard InChI is InChI=1S/C17H17FN4OS/c1-22(10-12-5-7-13(18)8-6-12)11-14-16(23)21-17(24-14)20-15-4-2-3-9-19-15/h2-9,14H,10-11H2,1H3,(H,19,20,21,23). The number of rotatable bonds is 5. The van der Waals surface area contributed by atoms with Gasteiger partial charge >= 0.3 is 0 Å². The molecule has 0 saturated carbocycles. The second-order valence-corrected chi connectivity index (χ2v) is 6.72. The van der Waals surface area contributed by atoms with Gasteiger partial charge in [0.15, 0.2) is 11.0 Å². The number of nitrogens with one attached hydrogen (secondary N) is 1. The third kappa shape index (κ3) is 4.39. The van der Waals surface area contributed by atoms with E-state index in [0.29, 0.717) is 24.1 Å². The van der Waals surface area contributed by atoms with E-state index in [4.69, 9.17) is 0 Å². The van der Waals surface area contributed by atoms with Gasteiger partial charge in [0.05, 0.1) is 0 Å². The van der Waals surface area contributed by atoms with Crippen LogP contribution in [-0.4, -0.2) is 39.8 Å². The van der Waals surface area contributed by atoms with Gasteiger partial charge in [0.25, 0.3) is 0 Å². The van der Waals surface area contributed by atoms with Gasteiger partial charge in [-0.3, -0.25) is 4.79 Å². The number of amides is 1. The van der Waals surface area contributed by atoms with Crippen molar-refractivity contribution >= 4 is 28.7 Å². The molecule has 5 nitrogen and oxygen atoms in total. The molecule has 0 bridgehead atoms. The fraction of sp³-hybridized carbons (Fsp3) is 0.235. The van der Waals surface area contributed by atoms with Crippen molar-refractivity contribution in [2.45, 2.75) is 11.8 Å². The van der Waals surface area contributed by atoms with E-state index in [-0.39, 0.29) is 17.0 Å². The summed E-state index contributed by atoms with van der Waals surface area (Å²) < 4.78 is 12.9. The number of carbonyl (C=O) groups is 1. The van der Waals surface area contributed by atoms with E-state index in [1.807, 2.05) is 24.1 Å². The summed E-state index contributed by atoms with van der Waals surface area (Å²) in [7, 11) is 1.94. The van der Waals surface area contributed by atoms with E-state index in [2.05, 4.69) is 15.3 Å². The Hall–Kier alpha value is -2.25. The average molecular weight is 344 g/mol. The highest BCUT2D eigenvalue weighted by molar-refractivity contribution is 8.15. The lowest BCUT2D eigenvalue weighted by atomic mass is 10.2. The Balaban J connectivity index is 1.58.